The average molecular weight is 922 g/mol. The Balaban J connectivity index is -0.000000262. The molecule has 280 valence electrons. The van der Waals surface area contributed by atoms with Crippen LogP contribution in [0.2, 0.25) is 0 Å². The van der Waals surface area contributed by atoms with Crippen LogP contribution in [0, 0.1) is 141 Å². The van der Waals surface area contributed by atoms with E-state index in [-0.39, 0.29) is 68.3 Å². The summed E-state index contributed by atoms with van der Waals surface area (Å²) in [4.78, 5) is 0. The van der Waals surface area contributed by atoms with E-state index in [1.54, 1.807) is 0 Å². The van der Waals surface area contributed by atoms with Gasteiger partial charge in [0.25, 0.3) is 0 Å². The Hall–Kier alpha value is -2.44. The van der Waals surface area contributed by atoms with E-state index in [0.29, 0.717) is 0 Å². The molecule has 4 rings (SSSR count). The summed E-state index contributed by atoms with van der Waals surface area (Å²) in [6.07, 6.45) is 0. The molecule has 4 aromatic rings. The minimum Gasteiger partial charge on any atom is -0.278 e. The van der Waals surface area contributed by atoms with Crippen LogP contribution in [0.5, 0.6) is 0 Å². The van der Waals surface area contributed by atoms with E-state index in [1.165, 1.54) is 0 Å². The fourth-order valence-electron chi connectivity index (χ4n) is 1.98. The molecule has 48 heavy (non-hydrogen) atoms. The minimum atomic E-state index is -2.17. The fourth-order valence-corrected chi connectivity index (χ4v) is 1.98. The van der Waals surface area contributed by atoms with Crippen molar-refractivity contribution in [3.63, 3.8) is 0 Å². The monoisotopic (exact) mass is 920 g/mol. The Kier molecular flexibility index (Phi) is 24.3. The summed E-state index contributed by atoms with van der Waals surface area (Å²) in [5.41, 5.74) is 0. The Morgan fingerprint density at radius 3 is 0.333 bits per heavy atom. The van der Waals surface area contributed by atoms with Crippen LogP contribution >= 0.6 is 0 Å². The van der Waals surface area contributed by atoms with E-state index < -0.39 is 116 Å². The third-order valence-electron chi connectivity index (χ3n) is 3.96. The van der Waals surface area contributed by atoms with Crippen molar-refractivity contribution >= 4 is 0 Å². The molecular weight excluding hydrogens is 922 g/mol. The molecule has 0 saturated carbocycles. The number of hydrogen-bond donors (Lipinski definition) is 0. The number of halogens is 20. The summed E-state index contributed by atoms with van der Waals surface area (Å²) in [6.45, 7) is 0. The Bertz CT molecular complexity index is 1330. The molecule has 0 heterocycles. The fraction of sp³-hybridized carbons (Fsp3) is 0. The van der Waals surface area contributed by atoms with Gasteiger partial charge in [0.1, 0.15) is 0 Å². The summed E-state index contributed by atoms with van der Waals surface area (Å²) >= 11 is 0. The van der Waals surface area contributed by atoms with Gasteiger partial charge in [0.05, 0.1) is 116 Å². The van der Waals surface area contributed by atoms with E-state index in [1.807, 2.05) is 0 Å². The van der Waals surface area contributed by atoms with Crippen LogP contribution in [0.3, 0.4) is 0 Å². The standard InChI is InChI=1S/4C6F5.4Cu/c4*7-2-1-3(8)5(10)6(11)4(2)9;;;;/q4*-1;4*+1. The molecule has 0 bridgehead atoms. The van der Waals surface area contributed by atoms with Gasteiger partial charge < -0.3 is 0 Å². The molecule has 0 aliphatic heterocycles. The molecule has 0 atom stereocenters. The first kappa shape index (κ1) is 52.4. The van der Waals surface area contributed by atoms with Gasteiger partial charge in [-0.1, -0.05) is 0 Å². The molecule has 0 nitrogen and oxygen atoms in total. The molecule has 0 fully saturated rings. The topological polar surface area (TPSA) is 0 Å². The molecule has 0 saturated heterocycles. The van der Waals surface area contributed by atoms with Gasteiger partial charge in [-0.15, -0.1) is 24.3 Å². The van der Waals surface area contributed by atoms with Crippen molar-refractivity contribution in [1.29, 1.82) is 0 Å². The van der Waals surface area contributed by atoms with Crippen LogP contribution < -0.4 is 0 Å². The number of hydrogen-bond acceptors (Lipinski definition) is 0. The summed E-state index contributed by atoms with van der Waals surface area (Å²) in [5, 5.41) is 0. The molecular formula is C24Cu4F20. The minimum absolute atomic E-state index is 0. The number of benzene rings is 4. The predicted molar refractivity (Wildman–Crippen MR) is 100 cm³/mol. The van der Waals surface area contributed by atoms with Crippen molar-refractivity contribution < 1.29 is 156 Å². The van der Waals surface area contributed by atoms with Crippen molar-refractivity contribution in [2.45, 2.75) is 0 Å². The molecule has 24 heteroatoms. The van der Waals surface area contributed by atoms with Gasteiger partial charge in [-0.25, -0.2) is 52.7 Å². The third-order valence-corrected chi connectivity index (χ3v) is 3.96. The predicted octanol–water partition coefficient (Wildman–Crippen LogP) is 8.72. The van der Waals surface area contributed by atoms with Crippen LogP contribution in [0.4, 0.5) is 87.8 Å². The van der Waals surface area contributed by atoms with Gasteiger partial charge in [0.15, 0.2) is 0 Å². The Labute approximate surface area is 295 Å². The van der Waals surface area contributed by atoms with E-state index in [0.717, 1.165) is 24.3 Å². The first-order chi connectivity index (χ1) is 20.1. The van der Waals surface area contributed by atoms with Gasteiger partial charge in [-0.05, 0) is 0 Å². The zero-order chi connectivity index (χ0) is 34.4. The molecule has 0 aromatic heterocycles. The van der Waals surface area contributed by atoms with Gasteiger partial charge in [0, 0.05) is 0 Å². The molecule has 0 N–H and O–H groups in total. The average Bonchev–Trinajstić information content (AvgIpc) is 2.97. The van der Waals surface area contributed by atoms with Crippen molar-refractivity contribution in [2.75, 3.05) is 0 Å². The Morgan fingerprint density at radius 2 is 0.250 bits per heavy atom. The van der Waals surface area contributed by atoms with Crippen LogP contribution in [-0.4, -0.2) is 0 Å². The summed E-state index contributed by atoms with van der Waals surface area (Å²) in [5.74, 6) is -40.2. The van der Waals surface area contributed by atoms with E-state index in [2.05, 4.69) is 0 Å². The smallest absolute Gasteiger partial charge is 0.278 e. The van der Waals surface area contributed by atoms with Crippen molar-refractivity contribution in [3.8, 4) is 0 Å². The molecule has 0 aliphatic carbocycles. The first-order valence-electron chi connectivity index (χ1n) is 9.78. The van der Waals surface area contributed by atoms with Crippen molar-refractivity contribution in [2.24, 2.45) is 0 Å². The van der Waals surface area contributed by atoms with Crippen molar-refractivity contribution in [1.82, 2.24) is 0 Å². The van der Waals surface area contributed by atoms with E-state index in [4.69, 9.17) is 0 Å². The van der Waals surface area contributed by atoms with Gasteiger partial charge >= 0.3 is 68.3 Å². The van der Waals surface area contributed by atoms with Gasteiger partial charge in [0.2, 0.25) is 0 Å². The third kappa shape index (κ3) is 13.1. The number of rotatable bonds is 0. The maximum atomic E-state index is 12.0. The maximum Gasteiger partial charge on any atom is 1.00 e. The zero-order valence-corrected chi connectivity index (χ0v) is 24.5. The van der Waals surface area contributed by atoms with Crippen LogP contribution in [-0.2, 0) is 68.3 Å². The molecule has 0 unspecified atom stereocenters. The Morgan fingerprint density at radius 1 is 0.167 bits per heavy atom. The quantitative estimate of drug-likeness (QED) is 0.0545. The summed E-state index contributed by atoms with van der Waals surface area (Å²) < 4.78 is 239. The molecule has 0 aliphatic rings. The summed E-state index contributed by atoms with van der Waals surface area (Å²) in [7, 11) is 0. The molecule has 0 amide bonds. The van der Waals surface area contributed by atoms with Crippen LogP contribution in [0.1, 0.15) is 0 Å². The first-order valence-corrected chi connectivity index (χ1v) is 9.78. The van der Waals surface area contributed by atoms with E-state index in [9.17, 15) is 87.8 Å². The second-order valence-electron chi connectivity index (χ2n) is 6.78. The van der Waals surface area contributed by atoms with Crippen molar-refractivity contribution in [3.05, 3.63) is 141 Å². The zero-order valence-electron chi connectivity index (χ0n) is 20.8. The van der Waals surface area contributed by atoms with Crippen LogP contribution in [0.15, 0.2) is 0 Å². The molecule has 0 radical (unpaired) electrons. The molecule has 0 spiro atoms. The molecule has 4 aromatic carbocycles. The van der Waals surface area contributed by atoms with Gasteiger partial charge in [-0.2, -0.15) is 0 Å². The second kappa shape index (κ2) is 22.3. The second-order valence-corrected chi connectivity index (χ2v) is 6.78. The summed E-state index contributed by atoms with van der Waals surface area (Å²) in [6, 6.07) is 4.10. The largest absolute Gasteiger partial charge is 1.00 e. The van der Waals surface area contributed by atoms with Gasteiger partial charge in [-0.3, -0.25) is 35.1 Å². The van der Waals surface area contributed by atoms with E-state index >= 15 is 0 Å². The van der Waals surface area contributed by atoms with Crippen LogP contribution in [0.25, 0.3) is 0 Å². The SMILES string of the molecule is Fc1[c-]c(F)c(F)c(F)c1F.Fc1[c-]c(F)c(F)c(F)c1F.Fc1[c-]c(F)c(F)c(F)c1F.Fc1[c-]c(F)c(F)c(F)c1F.[Cu+].[Cu+].[Cu+].[Cu+]. The normalized spacial score (nSPS) is 9.42. The maximum absolute atomic E-state index is 12.0.